The largest absolute Gasteiger partial charge is 0.483 e. The highest BCUT2D eigenvalue weighted by atomic mass is 32.2. The van der Waals surface area contributed by atoms with Crippen LogP contribution in [0.2, 0.25) is 0 Å². The fourth-order valence-electron chi connectivity index (χ4n) is 12.3. The molecule has 6 aromatic rings. The third kappa shape index (κ3) is 21.5. The molecule has 2 aromatic heterocycles. The standard InChI is InChI=1S/C63H79N25O9S2.CH4O3S.CH2O2/c64-13-17-81-21-29-85(30-22-81)60-71-58(72-61(75-60)86-31-23-82(18-14-65)24-32-86)69-47-9-11-49-42(37-47)39-51(98(92,93)94)53(55(49)89)79-77-45-3-1-41(2-4-45)57(91)68-44-5-7-46(8-6-44)78-80-54-52(99(95,96)97)40-43-38-48(10-12-50(43)56(54)90)70-59-73-62(87-33-25-83(19-15-66)26-34-87)76-63(74-59)88-35-27-84(20-16-67)28-36-88;1-5(2,3)4;2-1-3/h1-12,37-40,77-78H,13-36,64-67H2,(H,68,91)(H,92,93,94)(H,95,96,97)(H,69,71,72,75)(H,70,73,74,76);1H3,(H,2,3,4);1H,(H,2,3)/b79-53+,80-54-;;. The molecule has 107 heavy (non-hydrogen) atoms. The highest BCUT2D eigenvalue weighted by molar-refractivity contribution is 7.91. The van der Waals surface area contributed by atoms with Crippen LogP contribution in [-0.2, 0) is 35.1 Å². The number of hydrogen-bond acceptors (Lipinski definition) is 34. The number of ketones is 2. The van der Waals surface area contributed by atoms with Gasteiger partial charge in [-0.15, -0.1) is 0 Å². The number of hydrogen-bond donors (Lipinski definition) is 13. The summed E-state index contributed by atoms with van der Waals surface area (Å²) in [7, 11) is -13.7. The maximum atomic E-state index is 14.0. The Hall–Kier alpha value is -10.2. The number of rotatable bonds is 24. The number of benzene rings is 4. The minimum atomic E-state index is -5.01. The normalized spacial score (nSPS) is 17.7. The van der Waals surface area contributed by atoms with Gasteiger partial charge in [-0.3, -0.25) is 63.3 Å². The molecule has 572 valence electrons. The van der Waals surface area contributed by atoms with Crippen molar-refractivity contribution in [2.45, 2.75) is 0 Å². The van der Waals surface area contributed by atoms with E-state index in [1.807, 2.05) is 0 Å². The number of Topliss-reactive ketones (excluding diaryl/α,β-unsaturated/α-hetero) is 2. The van der Waals surface area contributed by atoms with Gasteiger partial charge in [-0.2, -0.15) is 65.4 Å². The SMILES string of the molecule is CS(=O)(=O)O.NCCN1CCN(c2nc(Nc3ccc4c(c3)C=C(S(=O)(=O)O)/C(=N\Nc3ccc(C(=O)Nc5ccc(N/N=C6\C(=O)c7ccc(Nc8nc(N9CCN(CCN)CC9)nc(N9CCN(CCN)CC9)n8)cc7C=C6S(=O)(=O)O)cc5)cc3)C4=O)nc(N3CCN(CCN)CC3)n2)CC1.O=CO. The molecule has 12 rings (SSSR count). The lowest BCUT2D eigenvalue weighted by molar-refractivity contribution is -0.122. The van der Waals surface area contributed by atoms with Crippen molar-refractivity contribution in [1.29, 1.82) is 0 Å². The molecule has 1 amide bonds. The summed E-state index contributed by atoms with van der Waals surface area (Å²) in [5.74, 6) is 0.336. The molecule has 2 aliphatic carbocycles. The number of carbonyl (C=O) groups is 4. The predicted molar refractivity (Wildman–Crippen MR) is 407 cm³/mol. The van der Waals surface area contributed by atoms with Gasteiger partial charge in [0.1, 0.15) is 9.81 Å². The van der Waals surface area contributed by atoms with Gasteiger partial charge in [-0.25, -0.2) is 0 Å². The van der Waals surface area contributed by atoms with Crippen LogP contribution in [0.3, 0.4) is 0 Å². The topological polar surface area (TPSA) is 544 Å². The number of anilines is 11. The van der Waals surface area contributed by atoms with Crippen LogP contribution in [0.25, 0.3) is 12.2 Å². The Bertz CT molecular complexity index is 4580. The van der Waals surface area contributed by atoms with E-state index in [1.165, 1.54) is 60.7 Å². The molecule has 0 radical (unpaired) electrons. The van der Waals surface area contributed by atoms with E-state index in [1.54, 1.807) is 24.3 Å². The van der Waals surface area contributed by atoms with Crippen LogP contribution >= 0.6 is 0 Å². The van der Waals surface area contributed by atoms with Gasteiger partial charge in [-0.05, 0) is 108 Å². The van der Waals surface area contributed by atoms with E-state index in [4.69, 9.17) is 67.3 Å². The zero-order chi connectivity index (χ0) is 76.6. The van der Waals surface area contributed by atoms with E-state index in [-0.39, 0.29) is 57.6 Å². The lowest BCUT2D eigenvalue weighted by Crippen LogP contribution is -2.49. The maximum absolute atomic E-state index is 14.0. The van der Waals surface area contributed by atoms with Crippen LogP contribution in [0.1, 0.15) is 42.2 Å². The molecule has 6 heterocycles. The smallest absolute Gasteiger partial charge is 0.296 e. The summed E-state index contributed by atoms with van der Waals surface area (Å²) in [6.07, 6.45) is 3.03. The number of nitrogens with one attached hydrogen (secondary N) is 5. The lowest BCUT2D eigenvalue weighted by atomic mass is 9.94. The Morgan fingerprint density at radius 2 is 0.738 bits per heavy atom. The van der Waals surface area contributed by atoms with Gasteiger partial charge in [0, 0.05) is 191 Å². The predicted octanol–water partition coefficient (Wildman–Crippen LogP) is 0.110. The van der Waals surface area contributed by atoms with Crippen LogP contribution < -0.4 is 69.3 Å². The summed E-state index contributed by atoms with van der Waals surface area (Å²) in [5, 5.41) is 24.4. The number of piperazine rings is 4. The van der Waals surface area contributed by atoms with E-state index in [0.29, 0.717) is 126 Å². The number of amides is 1. The molecule has 0 bridgehead atoms. The third-order valence-electron chi connectivity index (χ3n) is 17.6. The van der Waals surface area contributed by atoms with Crippen molar-refractivity contribution < 1.29 is 63.2 Å². The fraction of sp³-hybridized carbons (Fsp3) is 0.385. The van der Waals surface area contributed by atoms with Gasteiger partial charge >= 0.3 is 0 Å². The van der Waals surface area contributed by atoms with E-state index in [2.05, 4.69) is 76.2 Å². The summed E-state index contributed by atoms with van der Waals surface area (Å²) >= 11 is 0. The Kier molecular flexibility index (Phi) is 26.7. The Morgan fingerprint density at radius 1 is 0.458 bits per heavy atom. The van der Waals surface area contributed by atoms with Crippen molar-refractivity contribution in [3.63, 3.8) is 0 Å². The van der Waals surface area contributed by atoms with Gasteiger partial charge < -0.3 is 63.6 Å². The molecule has 4 fully saturated rings. The summed E-state index contributed by atoms with van der Waals surface area (Å²) in [4.78, 5) is 94.9. The molecular formula is C65H85N25O14S3. The zero-order valence-corrected chi connectivity index (χ0v) is 60.8. The van der Waals surface area contributed by atoms with Gasteiger partial charge in [0.25, 0.3) is 42.7 Å². The fourth-order valence-corrected chi connectivity index (χ4v) is 13.6. The molecular weight excluding hydrogens is 1450 g/mol. The molecule has 42 heteroatoms. The number of nitrogens with two attached hydrogens (primary N) is 4. The minimum Gasteiger partial charge on any atom is -0.483 e. The molecule has 0 unspecified atom stereocenters. The van der Waals surface area contributed by atoms with Crippen molar-refractivity contribution in [3.8, 4) is 0 Å². The second kappa shape index (κ2) is 35.9. The summed E-state index contributed by atoms with van der Waals surface area (Å²) in [6.45, 7) is 16.8. The van der Waals surface area contributed by atoms with Crippen LogP contribution in [0.15, 0.2) is 105 Å². The summed E-state index contributed by atoms with van der Waals surface area (Å²) in [6, 6.07) is 21.3. The first-order valence-electron chi connectivity index (χ1n) is 33.9. The summed E-state index contributed by atoms with van der Waals surface area (Å²) in [5.41, 5.74) is 30.0. The molecule has 6 aliphatic rings. The van der Waals surface area contributed by atoms with Crippen LogP contribution in [0.5, 0.6) is 0 Å². The van der Waals surface area contributed by atoms with Crippen LogP contribution in [0, 0.1) is 0 Å². The molecule has 4 aliphatic heterocycles. The van der Waals surface area contributed by atoms with Gasteiger partial charge in [0.05, 0.1) is 17.6 Å². The Balaban J connectivity index is 0.00000146. The Morgan fingerprint density at radius 3 is 1.03 bits per heavy atom. The minimum absolute atomic E-state index is 0.105. The molecule has 17 N–H and O–H groups in total. The number of carboxylic acid groups (broad SMARTS) is 1. The first-order valence-corrected chi connectivity index (χ1v) is 38.7. The first kappa shape index (κ1) is 79.4. The van der Waals surface area contributed by atoms with Crippen molar-refractivity contribution in [2.75, 3.05) is 210 Å². The van der Waals surface area contributed by atoms with Crippen molar-refractivity contribution in [1.82, 2.24) is 49.5 Å². The highest BCUT2D eigenvalue weighted by Gasteiger charge is 2.36. The number of nitrogens with zero attached hydrogens (tertiary/aromatic N) is 16. The molecule has 39 nitrogen and oxygen atoms in total. The second-order valence-corrected chi connectivity index (χ2v) is 29.3. The number of fused-ring (bicyclic) bond motifs is 2. The number of aromatic nitrogens is 6. The number of carbonyl (C=O) groups excluding carboxylic acids is 3. The number of hydrazone groups is 2. The lowest BCUT2D eigenvalue weighted by Gasteiger charge is -2.36. The third-order valence-corrected chi connectivity index (χ3v) is 19.4. The highest BCUT2D eigenvalue weighted by Crippen LogP contribution is 2.33. The van der Waals surface area contributed by atoms with Gasteiger partial charge in [0.2, 0.25) is 47.3 Å². The molecule has 0 saturated carbocycles. The average molecular weight is 1540 g/mol. The number of allylic oxidation sites excluding steroid dienone is 2. The van der Waals surface area contributed by atoms with E-state index in [9.17, 15) is 48.7 Å². The molecule has 0 spiro atoms. The zero-order valence-electron chi connectivity index (χ0n) is 58.3. The Labute approximate surface area is 617 Å². The van der Waals surface area contributed by atoms with Gasteiger partial charge in [-0.1, -0.05) is 0 Å². The van der Waals surface area contributed by atoms with E-state index >= 15 is 0 Å². The monoisotopic (exact) mass is 1540 g/mol. The first-order chi connectivity index (χ1) is 51.2. The average Bonchev–Trinajstić information content (AvgIpc) is 0.752. The molecule has 0 atom stereocenters. The second-order valence-electron chi connectivity index (χ2n) is 25.1. The van der Waals surface area contributed by atoms with Crippen LogP contribution in [-0.4, -0.2) is 292 Å². The molecule has 4 aromatic carbocycles. The van der Waals surface area contributed by atoms with Gasteiger partial charge in [0.15, 0.2) is 11.4 Å². The maximum Gasteiger partial charge on any atom is 0.296 e. The van der Waals surface area contributed by atoms with Crippen molar-refractivity contribution >= 4 is 142 Å². The summed E-state index contributed by atoms with van der Waals surface area (Å²) < 4.78 is 98.4. The van der Waals surface area contributed by atoms with E-state index in [0.717, 1.165) is 90.7 Å². The quantitative estimate of drug-likeness (QED) is 0.0217. The van der Waals surface area contributed by atoms with E-state index < -0.39 is 69.1 Å². The molecule has 4 saturated heterocycles. The van der Waals surface area contributed by atoms with Crippen LogP contribution in [0.4, 0.5) is 64.1 Å². The van der Waals surface area contributed by atoms with Crippen molar-refractivity contribution in [2.24, 2.45) is 33.1 Å². The van der Waals surface area contributed by atoms with Crippen molar-refractivity contribution in [3.05, 3.63) is 123 Å².